The number of carbonyl (C=O) groups excluding carboxylic acids is 1. The topological polar surface area (TPSA) is 64.3 Å². The fraction of sp³-hybridized carbons (Fsp3) is 0.222. The van der Waals surface area contributed by atoms with Crippen LogP contribution in [0.3, 0.4) is 0 Å². The minimum absolute atomic E-state index is 0.241. The second-order valence-corrected chi connectivity index (χ2v) is 2.57. The van der Waals surface area contributed by atoms with Crippen molar-refractivity contribution in [1.82, 2.24) is 5.32 Å². The fourth-order valence-corrected chi connectivity index (χ4v) is 0.904. The van der Waals surface area contributed by atoms with E-state index in [-0.39, 0.29) is 6.61 Å². The third kappa shape index (κ3) is 3.02. The Hall–Kier alpha value is -1.71. The number of benzene rings is 1. The van der Waals surface area contributed by atoms with Gasteiger partial charge in [0.2, 0.25) is 0 Å². The zero-order valence-corrected chi connectivity index (χ0v) is 7.41. The Balaban J connectivity index is 2.50. The number of hydrogen-bond acceptors (Lipinski definition) is 3. The molecule has 0 saturated carbocycles. The molecule has 0 saturated heterocycles. The lowest BCUT2D eigenvalue weighted by Gasteiger charge is -2.03. The number of hydrogen-bond donors (Lipinski definition) is 2. The molecule has 1 aromatic carbocycles. The lowest BCUT2D eigenvalue weighted by atomic mass is 10.2. The number of carbonyl (C=O) groups is 1. The van der Waals surface area contributed by atoms with Crippen LogP contribution in [0, 0.1) is 0 Å². The van der Waals surface area contributed by atoms with E-state index < -0.39 is 6.09 Å². The smallest absolute Gasteiger partial charge is 0.407 e. The maximum absolute atomic E-state index is 10.7. The van der Waals surface area contributed by atoms with Crippen molar-refractivity contribution < 1.29 is 9.53 Å². The van der Waals surface area contributed by atoms with Gasteiger partial charge in [-0.05, 0) is 17.7 Å². The number of nitrogen functional groups attached to an aromatic ring is 1. The van der Waals surface area contributed by atoms with Crippen LogP contribution < -0.4 is 11.1 Å². The highest BCUT2D eigenvalue weighted by Gasteiger charge is 1.98. The summed E-state index contributed by atoms with van der Waals surface area (Å²) in [5.41, 5.74) is 7.08. The molecule has 3 N–H and O–H groups in total. The van der Waals surface area contributed by atoms with Gasteiger partial charge in [-0.2, -0.15) is 0 Å². The number of alkyl carbamates (subject to hydrolysis) is 1. The van der Waals surface area contributed by atoms with Gasteiger partial charge in [-0.3, -0.25) is 0 Å². The molecule has 0 aliphatic heterocycles. The Kier molecular flexibility index (Phi) is 3.14. The number of amides is 1. The molecule has 4 heteroatoms. The summed E-state index contributed by atoms with van der Waals surface area (Å²) in [6.07, 6.45) is -0.442. The lowest BCUT2D eigenvalue weighted by molar-refractivity contribution is 0.142. The maximum atomic E-state index is 10.7. The van der Waals surface area contributed by atoms with E-state index in [2.05, 4.69) is 5.32 Å². The van der Waals surface area contributed by atoms with E-state index >= 15 is 0 Å². The van der Waals surface area contributed by atoms with Crippen LogP contribution in [0.4, 0.5) is 10.5 Å². The molecule has 0 radical (unpaired) electrons. The van der Waals surface area contributed by atoms with Crippen molar-refractivity contribution >= 4 is 11.8 Å². The van der Waals surface area contributed by atoms with Gasteiger partial charge in [0.25, 0.3) is 0 Å². The van der Waals surface area contributed by atoms with Gasteiger partial charge in [0.15, 0.2) is 0 Å². The number of nitrogens with one attached hydrogen (secondary N) is 1. The number of ether oxygens (including phenoxy) is 1. The van der Waals surface area contributed by atoms with Crippen molar-refractivity contribution in [3.8, 4) is 0 Å². The highest BCUT2D eigenvalue weighted by atomic mass is 16.5. The summed E-state index contributed by atoms with van der Waals surface area (Å²) in [6.45, 7) is 0.241. The van der Waals surface area contributed by atoms with Gasteiger partial charge >= 0.3 is 6.09 Å². The van der Waals surface area contributed by atoms with Crippen LogP contribution in [0.2, 0.25) is 0 Å². The van der Waals surface area contributed by atoms with E-state index in [4.69, 9.17) is 10.5 Å². The largest absolute Gasteiger partial charge is 0.445 e. The van der Waals surface area contributed by atoms with Crippen molar-refractivity contribution in [2.75, 3.05) is 12.8 Å². The summed E-state index contributed by atoms with van der Waals surface area (Å²) in [6, 6.07) is 7.21. The van der Waals surface area contributed by atoms with Gasteiger partial charge in [-0.25, -0.2) is 4.79 Å². The van der Waals surface area contributed by atoms with E-state index in [9.17, 15) is 4.79 Å². The van der Waals surface area contributed by atoms with Crippen molar-refractivity contribution in [3.63, 3.8) is 0 Å². The van der Waals surface area contributed by atoms with Crippen molar-refractivity contribution in [1.29, 1.82) is 0 Å². The molecule has 0 aliphatic carbocycles. The van der Waals surface area contributed by atoms with Crippen LogP contribution in [0.5, 0.6) is 0 Å². The first-order valence-corrected chi connectivity index (χ1v) is 3.91. The number of rotatable bonds is 2. The molecule has 1 rings (SSSR count). The molecular weight excluding hydrogens is 168 g/mol. The molecule has 0 atom stereocenters. The fourth-order valence-electron chi connectivity index (χ4n) is 0.904. The minimum atomic E-state index is -0.442. The van der Waals surface area contributed by atoms with E-state index in [0.717, 1.165) is 5.56 Å². The summed E-state index contributed by atoms with van der Waals surface area (Å²) >= 11 is 0. The quantitative estimate of drug-likeness (QED) is 0.670. The van der Waals surface area contributed by atoms with Gasteiger partial charge in [-0.1, -0.05) is 12.1 Å². The normalized spacial score (nSPS) is 9.31. The van der Waals surface area contributed by atoms with E-state index in [1.54, 1.807) is 12.1 Å². The zero-order valence-electron chi connectivity index (χ0n) is 7.41. The van der Waals surface area contributed by atoms with Crippen LogP contribution in [0.25, 0.3) is 0 Å². The SMILES string of the molecule is CNC(=O)OCc1cccc(N)c1. The average molecular weight is 180 g/mol. The first kappa shape index (κ1) is 9.38. The molecule has 70 valence electrons. The van der Waals surface area contributed by atoms with Gasteiger partial charge in [0.05, 0.1) is 0 Å². The third-order valence-electron chi connectivity index (χ3n) is 1.53. The molecule has 0 spiro atoms. The molecule has 0 aliphatic rings. The Morgan fingerprint density at radius 1 is 1.62 bits per heavy atom. The lowest BCUT2D eigenvalue weighted by Crippen LogP contribution is -2.18. The highest BCUT2D eigenvalue weighted by Crippen LogP contribution is 2.07. The number of nitrogens with two attached hydrogens (primary N) is 1. The standard InChI is InChI=1S/C9H12N2O2/c1-11-9(12)13-6-7-3-2-4-8(10)5-7/h2-5H,6,10H2,1H3,(H,11,12). The Bertz CT molecular complexity index is 299. The molecule has 0 fully saturated rings. The summed E-state index contributed by atoms with van der Waals surface area (Å²) in [4.78, 5) is 10.7. The van der Waals surface area contributed by atoms with Gasteiger partial charge in [0.1, 0.15) is 6.61 Å². The molecule has 0 aromatic heterocycles. The highest BCUT2D eigenvalue weighted by molar-refractivity contribution is 5.66. The molecule has 0 unspecified atom stereocenters. The molecule has 4 nitrogen and oxygen atoms in total. The van der Waals surface area contributed by atoms with Crippen LogP contribution in [0.1, 0.15) is 5.56 Å². The molecular formula is C9H12N2O2. The maximum Gasteiger partial charge on any atom is 0.407 e. The third-order valence-corrected chi connectivity index (χ3v) is 1.53. The number of anilines is 1. The van der Waals surface area contributed by atoms with Crippen LogP contribution in [-0.2, 0) is 11.3 Å². The Morgan fingerprint density at radius 2 is 2.38 bits per heavy atom. The van der Waals surface area contributed by atoms with Gasteiger partial charge in [-0.15, -0.1) is 0 Å². The molecule has 0 bridgehead atoms. The average Bonchev–Trinajstić information content (AvgIpc) is 2.14. The Labute approximate surface area is 76.7 Å². The monoisotopic (exact) mass is 180 g/mol. The van der Waals surface area contributed by atoms with E-state index in [1.165, 1.54) is 7.05 Å². The second kappa shape index (κ2) is 4.35. The second-order valence-electron chi connectivity index (χ2n) is 2.57. The van der Waals surface area contributed by atoms with Crippen molar-refractivity contribution in [2.24, 2.45) is 0 Å². The van der Waals surface area contributed by atoms with Crippen LogP contribution in [-0.4, -0.2) is 13.1 Å². The Morgan fingerprint density at radius 3 is 3.00 bits per heavy atom. The predicted octanol–water partition coefficient (Wildman–Crippen LogP) is 1.12. The van der Waals surface area contributed by atoms with Gasteiger partial charge in [0, 0.05) is 12.7 Å². The summed E-state index contributed by atoms with van der Waals surface area (Å²) in [5, 5.41) is 2.36. The summed E-state index contributed by atoms with van der Waals surface area (Å²) in [5.74, 6) is 0. The zero-order chi connectivity index (χ0) is 9.68. The van der Waals surface area contributed by atoms with Crippen LogP contribution in [0.15, 0.2) is 24.3 Å². The predicted molar refractivity (Wildman–Crippen MR) is 50.1 cm³/mol. The minimum Gasteiger partial charge on any atom is -0.445 e. The van der Waals surface area contributed by atoms with Gasteiger partial charge < -0.3 is 15.8 Å². The first-order chi connectivity index (χ1) is 6.22. The van der Waals surface area contributed by atoms with E-state index in [1.807, 2.05) is 12.1 Å². The summed E-state index contributed by atoms with van der Waals surface area (Å²) < 4.78 is 4.83. The molecule has 1 aromatic rings. The first-order valence-electron chi connectivity index (χ1n) is 3.91. The van der Waals surface area contributed by atoms with Crippen LogP contribution >= 0.6 is 0 Å². The van der Waals surface area contributed by atoms with E-state index in [0.29, 0.717) is 5.69 Å². The van der Waals surface area contributed by atoms with Crippen molar-refractivity contribution in [3.05, 3.63) is 29.8 Å². The molecule has 0 heterocycles. The van der Waals surface area contributed by atoms with Crippen molar-refractivity contribution in [2.45, 2.75) is 6.61 Å². The summed E-state index contributed by atoms with van der Waals surface area (Å²) in [7, 11) is 1.52. The molecule has 1 amide bonds. The molecule has 13 heavy (non-hydrogen) atoms.